The van der Waals surface area contributed by atoms with E-state index >= 15 is 0 Å². The molecule has 0 N–H and O–H groups in total. The molecule has 5 heteroatoms. The summed E-state index contributed by atoms with van der Waals surface area (Å²) in [7, 11) is 0. The Morgan fingerprint density at radius 2 is 1.46 bits per heavy atom. The van der Waals surface area contributed by atoms with Gasteiger partial charge in [0.1, 0.15) is 0 Å². The first-order valence-electron chi connectivity index (χ1n) is 15.5. The molecule has 0 saturated carbocycles. The van der Waals surface area contributed by atoms with Crippen LogP contribution in [-0.4, -0.2) is 33.1 Å². The van der Waals surface area contributed by atoms with Crippen molar-refractivity contribution in [1.82, 2.24) is 0 Å². The van der Waals surface area contributed by atoms with E-state index in [0.717, 1.165) is 18.8 Å². The number of ether oxygens (including phenoxy) is 2. The molecular weight excluding hydrogens is 577 g/mol. The number of hydrogen-bond acceptors (Lipinski definition) is 4. The van der Waals surface area contributed by atoms with Crippen LogP contribution in [0.5, 0.6) is 5.75 Å². The molecule has 0 unspecified atom stereocenters. The quantitative estimate of drug-likeness (QED) is 0.0915. The van der Waals surface area contributed by atoms with Crippen molar-refractivity contribution < 1.29 is 9.47 Å². The van der Waals surface area contributed by atoms with Gasteiger partial charge in [0.05, 0.1) is 0 Å². The van der Waals surface area contributed by atoms with Crippen LogP contribution in [0.1, 0.15) is 88.8 Å². The van der Waals surface area contributed by atoms with Crippen LogP contribution < -0.4 is 8.45 Å². The van der Waals surface area contributed by atoms with Crippen LogP contribution in [0.2, 0.25) is 16.8 Å². The second-order valence-corrected chi connectivity index (χ2v) is 24.3. The van der Waals surface area contributed by atoms with Gasteiger partial charge < -0.3 is 0 Å². The molecule has 0 aliphatic heterocycles. The van der Waals surface area contributed by atoms with E-state index in [2.05, 4.69) is 78.5 Å². The average Bonchev–Trinajstić information content (AvgIpc) is 3.59. The van der Waals surface area contributed by atoms with Gasteiger partial charge in [0.2, 0.25) is 0 Å². The third-order valence-electron chi connectivity index (χ3n) is 7.63. The molecule has 0 aliphatic rings. The normalized spacial score (nSPS) is 11.8. The van der Waals surface area contributed by atoms with Crippen molar-refractivity contribution >= 4 is 39.6 Å². The van der Waals surface area contributed by atoms with E-state index in [0.29, 0.717) is 13.2 Å². The van der Waals surface area contributed by atoms with E-state index in [-0.39, 0.29) is 0 Å². The van der Waals surface area contributed by atoms with E-state index < -0.39 is 13.3 Å². The number of hydrogen-bond donors (Lipinski definition) is 0. The van der Waals surface area contributed by atoms with Crippen molar-refractivity contribution in [1.29, 1.82) is 0 Å². The van der Waals surface area contributed by atoms with Crippen molar-refractivity contribution in [3.8, 4) is 15.5 Å². The van der Waals surface area contributed by atoms with Gasteiger partial charge in [-0.15, -0.1) is 0 Å². The summed E-state index contributed by atoms with van der Waals surface area (Å²) in [4.78, 5) is 3.10. The summed E-state index contributed by atoms with van der Waals surface area (Å²) in [6, 6.07) is 13.9. The van der Waals surface area contributed by atoms with Gasteiger partial charge in [-0.25, -0.2) is 0 Å². The van der Waals surface area contributed by atoms with Gasteiger partial charge in [-0.3, -0.25) is 0 Å². The number of rotatable bonds is 20. The Bertz CT molecular complexity index is 1070. The molecule has 216 valence electrons. The zero-order valence-corrected chi connectivity index (χ0v) is 29.0. The van der Waals surface area contributed by atoms with E-state index in [1.165, 1.54) is 79.9 Å². The number of aryl methyl sites for hydroxylation is 3. The summed E-state index contributed by atoms with van der Waals surface area (Å²) < 4.78 is 12.9. The Balaban J connectivity index is 1.67. The predicted molar refractivity (Wildman–Crippen MR) is 177 cm³/mol. The molecule has 0 bridgehead atoms. The van der Waals surface area contributed by atoms with Crippen LogP contribution in [0.3, 0.4) is 0 Å². The Morgan fingerprint density at radius 1 is 0.744 bits per heavy atom. The Hall–Kier alpha value is -1.08. The molecule has 2 aromatic heterocycles. The summed E-state index contributed by atoms with van der Waals surface area (Å²) in [5.41, 5.74) is 4.59. The topological polar surface area (TPSA) is 18.5 Å². The van der Waals surface area contributed by atoms with Crippen molar-refractivity contribution in [3.05, 3.63) is 58.5 Å². The summed E-state index contributed by atoms with van der Waals surface area (Å²) in [6.07, 6.45) is 14.3. The minimum atomic E-state index is -2.15. The van der Waals surface area contributed by atoms with Crippen molar-refractivity contribution in [3.63, 3.8) is 0 Å². The van der Waals surface area contributed by atoms with Crippen LogP contribution in [0.15, 0.2) is 41.8 Å². The van der Waals surface area contributed by atoms with Gasteiger partial charge >= 0.3 is 251 Å². The van der Waals surface area contributed by atoms with Crippen molar-refractivity contribution in [2.75, 3.05) is 19.8 Å². The van der Waals surface area contributed by atoms with E-state index in [9.17, 15) is 0 Å². The molecule has 3 rings (SSSR count). The molecule has 0 amide bonds. The fraction of sp³-hybridized carbons (Fsp3) is 0.588. The molecular formula is C34H52GeO2S2. The molecule has 0 saturated heterocycles. The van der Waals surface area contributed by atoms with Crippen LogP contribution in [0.25, 0.3) is 9.75 Å². The van der Waals surface area contributed by atoms with Crippen molar-refractivity contribution in [2.45, 2.75) is 108 Å². The minimum absolute atomic E-state index is 0.613. The van der Waals surface area contributed by atoms with E-state index in [1.54, 1.807) is 19.7 Å². The Labute approximate surface area is 249 Å². The molecule has 0 aliphatic carbocycles. The molecule has 0 atom stereocenters. The zero-order chi connectivity index (χ0) is 27.9. The molecule has 3 aromatic rings. The molecule has 0 radical (unpaired) electrons. The van der Waals surface area contributed by atoms with Gasteiger partial charge in [0.15, 0.2) is 0 Å². The van der Waals surface area contributed by atoms with Gasteiger partial charge in [-0.2, -0.15) is 0 Å². The van der Waals surface area contributed by atoms with E-state index in [4.69, 9.17) is 9.47 Å². The maximum absolute atomic E-state index is 5.81. The molecule has 2 nitrogen and oxygen atoms in total. The molecule has 39 heavy (non-hydrogen) atoms. The number of unbranched alkanes of at least 4 members (excludes halogenated alkanes) is 6. The maximum atomic E-state index is 5.81. The van der Waals surface area contributed by atoms with Crippen LogP contribution in [-0.2, 0) is 24.0 Å². The SMILES string of the molecule is CCCCCCc1csc(-c2s[c]([Ge]([CH3])([CH3])[CH2]Cc3ccc(OCCOCC)cc3)cc2CCCCCC)c1. The van der Waals surface area contributed by atoms with Gasteiger partial charge in [-0.1, -0.05) is 0 Å². The average molecular weight is 630 g/mol. The zero-order valence-electron chi connectivity index (χ0n) is 25.3. The standard InChI is InChI=1S/C34H52GeO2S2/c1-6-9-11-13-15-29-25-32(38-27-29)34-30(16-14-12-10-7-2)26-33(39-34)35(4,5)22-21-28-17-19-31(20-18-28)37-24-23-36-8-3/h17-20,25-27H,6-16,21-24H2,1-5H3. The third-order valence-corrected chi connectivity index (χ3v) is 19.5. The monoisotopic (exact) mass is 630 g/mol. The van der Waals surface area contributed by atoms with Crippen LogP contribution >= 0.6 is 22.7 Å². The van der Waals surface area contributed by atoms with Gasteiger partial charge in [0.25, 0.3) is 0 Å². The fourth-order valence-corrected chi connectivity index (χ4v) is 13.8. The fourth-order valence-electron chi connectivity index (χ4n) is 4.98. The summed E-state index contributed by atoms with van der Waals surface area (Å²) >= 11 is 1.97. The Morgan fingerprint density at radius 3 is 2.15 bits per heavy atom. The number of thiophene rings is 2. The van der Waals surface area contributed by atoms with Gasteiger partial charge in [0, 0.05) is 0 Å². The van der Waals surface area contributed by atoms with Gasteiger partial charge in [-0.05, 0) is 0 Å². The first-order valence-corrected chi connectivity index (χ1v) is 23.9. The second kappa shape index (κ2) is 17.7. The summed E-state index contributed by atoms with van der Waals surface area (Å²) in [6.45, 7) is 8.61. The molecule has 0 spiro atoms. The molecule has 1 aromatic carbocycles. The number of benzene rings is 1. The van der Waals surface area contributed by atoms with Crippen LogP contribution in [0, 0.1) is 0 Å². The Kier molecular flexibility index (Phi) is 14.7. The molecule has 0 fully saturated rings. The first kappa shape index (κ1) is 32.4. The first-order chi connectivity index (χ1) is 19.0. The second-order valence-electron chi connectivity index (χ2n) is 11.5. The third kappa shape index (κ3) is 11.0. The summed E-state index contributed by atoms with van der Waals surface area (Å²) in [5, 5.41) is 3.76. The summed E-state index contributed by atoms with van der Waals surface area (Å²) in [5.74, 6) is 6.18. The van der Waals surface area contributed by atoms with Crippen LogP contribution in [0.4, 0.5) is 0 Å². The molecule has 2 heterocycles. The van der Waals surface area contributed by atoms with E-state index in [1.807, 2.05) is 18.3 Å². The van der Waals surface area contributed by atoms with Crippen molar-refractivity contribution in [2.24, 2.45) is 0 Å². The predicted octanol–water partition coefficient (Wildman–Crippen LogP) is 10.3.